The summed E-state index contributed by atoms with van der Waals surface area (Å²) in [6.07, 6.45) is -0.317. The van der Waals surface area contributed by atoms with Crippen LogP contribution < -0.4 is 0 Å². The molecule has 7 nitrogen and oxygen atoms in total. The molecule has 0 rings (SSSR count). The van der Waals surface area contributed by atoms with E-state index in [1.54, 1.807) is 0 Å². The van der Waals surface area contributed by atoms with Gasteiger partial charge < -0.3 is 4.74 Å². The van der Waals surface area contributed by atoms with Crippen molar-refractivity contribution in [1.82, 2.24) is 0 Å². The van der Waals surface area contributed by atoms with Gasteiger partial charge >= 0.3 is 11.6 Å². The topological polar surface area (TPSA) is 98.9 Å². The number of nitro groups is 1. The second-order valence-electron chi connectivity index (χ2n) is 2.24. The first-order valence-corrected chi connectivity index (χ1v) is 3.71. The van der Waals surface area contributed by atoms with Crippen molar-refractivity contribution in [2.45, 2.75) is 25.9 Å². The van der Waals surface area contributed by atoms with E-state index >= 15 is 0 Å². The average Bonchev–Trinajstić information content (AvgIpc) is 2.07. The van der Waals surface area contributed by atoms with E-state index in [0.29, 0.717) is 0 Å². The highest BCUT2D eigenvalue weighted by Crippen LogP contribution is 2.18. The van der Waals surface area contributed by atoms with Crippen molar-refractivity contribution >= 4 is 5.97 Å². The molecule has 0 saturated carbocycles. The van der Waals surface area contributed by atoms with Gasteiger partial charge in [-0.1, -0.05) is 6.92 Å². The molecule has 0 fully saturated rings. The maximum absolute atomic E-state index is 11.0. The van der Waals surface area contributed by atoms with Gasteiger partial charge in [-0.2, -0.15) is 0 Å². The lowest BCUT2D eigenvalue weighted by Gasteiger charge is -2.13. The van der Waals surface area contributed by atoms with E-state index in [4.69, 9.17) is 0 Å². The molecule has 0 aromatic heterocycles. The maximum atomic E-state index is 11.0. The molecule has 1 atom stereocenters. The van der Waals surface area contributed by atoms with Crippen LogP contribution >= 0.6 is 0 Å². The molecule has 0 spiro atoms. The first-order valence-electron chi connectivity index (χ1n) is 3.71. The van der Waals surface area contributed by atoms with Crippen molar-refractivity contribution in [3.8, 4) is 0 Å². The molecule has 0 aliphatic carbocycles. The highest BCUT2D eigenvalue weighted by atomic mass is 16.6. The number of ether oxygens (including phenoxy) is 1. The second kappa shape index (κ2) is 4.48. The average molecular weight is 190 g/mol. The van der Waals surface area contributed by atoms with Crippen LogP contribution in [0.4, 0.5) is 0 Å². The van der Waals surface area contributed by atoms with Gasteiger partial charge in [0.25, 0.3) is 0 Å². The van der Waals surface area contributed by atoms with Crippen molar-refractivity contribution in [2.75, 3.05) is 6.61 Å². The number of hydrogen-bond donors (Lipinski definition) is 0. The molecule has 0 aliphatic rings. The minimum Gasteiger partial charge on any atom is -0.459 e. The van der Waals surface area contributed by atoms with Crippen LogP contribution in [0.15, 0.2) is 5.18 Å². The quantitative estimate of drug-likeness (QED) is 0.275. The van der Waals surface area contributed by atoms with E-state index in [2.05, 4.69) is 9.91 Å². The second-order valence-corrected chi connectivity index (χ2v) is 2.24. The molecule has 0 bridgehead atoms. The third-order valence-electron chi connectivity index (χ3n) is 1.55. The van der Waals surface area contributed by atoms with Gasteiger partial charge in [-0.25, -0.2) is 4.79 Å². The largest absolute Gasteiger partial charge is 0.459 e. The smallest absolute Gasteiger partial charge is 0.442 e. The lowest BCUT2D eigenvalue weighted by Crippen LogP contribution is -2.45. The summed E-state index contributed by atoms with van der Waals surface area (Å²) in [5, 5.41) is 12.6. The van der Waals surface area contributed by atoms with Gasteiger partial charge in [-0.3, -0.25) is 10.1 Å². The molecule has 13 heavy (non-hydrogen) atoms. The van der Waals surface area contributed by atoms with Crippen LogP contribution in [-0.4, -0.2) is 23.2 Å². The Bertz CT molecular complexity index is 229. The van der Waals surface area contributed by atoms with E-state index in [9.17, 15) is 19.8 Å². The number of hydrogen-bond acceptors (Lipinski definition) is 6. The first-order chi connectivity index (χ1) is 6.05. The number of carbonyl (C=O) groups is 1. The summed E-state index contributed by atoms with van der Waals surface area (Å²) in [7, 11) is 0. The number of nitroso groups, excluding NO2 is 1. The molecule has 0 heterocycles. The highest BCUT2D eigenvalue weighted by molar-refractivity contribution is 5.78. The molecular weight excluding hydrogens is 180 g/mol. The van der Waals surface area contributed by atoms with Crippen LogP contribution in [0.5, 0.6) is 0 Å². The van der Waals surface area contributed by atoms with Gasteiger partial charge in [0.15, 0.2) is 0 Å². The fraction of sp³-hybridized carbons (Fsp3) is 0.833. The molecule has 74 valence electrons. The Labute approximate surface area is 74.2 Å². The Morgan fingerprint density at radius 3 is 2.38 bits per heavy atom. The zero-order valence-corrected chi connectivity index (χ0v) is 7.35. The molecule has 0 saturated heterocycles. The number of rotatable bonds is 5. The predicted octanol–water partition coefficient (Wildman–Crippen LogP) is 0.699. The molecule has 1 unspecified atom stereocenters. The number of nitrogens with zero attached hydrogens (tertiary/aromatic N) is 2. The summed E-state index contributed by atoms with van der Waals surface area (Å²) < 4.78 is 4.38. The van der Waals surface area contributed by atoms with Gasteiger partial charge in [0.05, 0.1) is 18.0 Å². The molecule has 0 radical (unpaired) electrons. The molecule has 0 amide bonds. The minimum absolute atomic E-state index is 0.0239. The van der Waals surface area contributed by atoms with Crippen LogP contribution in [0.3, 0.4) is 0 Å². The summed E-state index contributed by atoms with van der Waals surface area (Å²) in [6, 6.07) is 0. The zero-order chi connectivity index (χ0) is 10.5. The maximum Gasteiger partial charge on any atom is 0.442 e. The molecule has 0 N–H and O–H groups in total. The monoisotopic (exact) mass is 190 g/mol. The summed E-state index contributed by atoms with van der Waals surface area (Å²) in [4.78, 5) is 30.6. The Balaban J connectivity index is 4.86. The summed E-state index contributed by atoms with van der Waals surface area (Å²) in [6.45, 7) is 2.79. The van der Waals surface area contributed by atoms with Crippen LogP contribution in [-0.2, 0) is 9.53 Å². The van der Waals surface area contributed by atoms with Crippen molar-refractivity contribution < 1.29 is 14.5 Å². The summed E-state index contributed by atoms with van der Waals surface area (Å²) >= 11 is 0. The SMILES string of the molecule is CCOC(=O)C(CC)(N=O)[N+](=O)[O-]. The highest BCUT2D eigenvalue weighted by Gasteiger charge is 2.53. The molecule has 0 aliphatic heterocycles. The third kappa shape index (κ3) is 1.98. The van der Waals surface area contributed by atoms with Gasteiger partial charge in [0.1, 0.15) is 0 Å². The standard InChI is InChI=1S/C6H10N2O5/c1-3-6(7-10,8(11)12)5(9)13-4-2/h3-4H2,1-2H3. The van der Waals surface area contributed by atoms with E-state index in [-0.39, 0.29) is 13.0 Å². The fourth-order valence-electron chi connectivity index (χ4n) is 0.730. The van der Waals surface area contributed by atoms with Crippen LogP contribution in [0.2, 0.25) is 0 Å². The van der Waals surface area contributed by atoms with Gasteiger partial charge in [0, 0.05) is 5.18 Å². The van der Waals surface area contributed by atoms with E-state index in [0.717, 1.165) is 0 Å². The number of carbonyl (C=O) groups excluding carboxylic acids is 1. The number of esters is 1. The normalized spacial score (nSPS) is 14.3. The zero-order valence-electron chi connectivity index (χ0n) is 7.35. The van der Waals surface area contributed by atoms with Crippen LogP contribution in [0.25, 0.3) is 0 Å². The van der Waals surface area contributed by atoms with Crippen molar-refractivity contribution in [1.29, 1.82) is 0 Å². The van der Waals surface area contributed by atoms with Crippen LogP contribution in [0, 0.1) is 15.0 Å². The molecular formula is C6H10N2O5. The Morgan fingerprint density at radius 1 is 1.62 bits per heavy atom. The molecule has 0 aromatic rings. The van der Waals surface area contributed by atoms with E-state index < -0.39 is 16.6 Å². The fourth-order valence-corrected chi connectivity index (χ4v) is 0.730. The van der Waals surface area contributed by atoms with Gasteiger partial charge in [-0.15, -0.1) is 4.91 Å². The van der Waals surface area contributed by atoms with Gasteiger partial charge in [0.2, 0.25) is 0 Å². The van der Waals surface area contributed by atoms with Crippen LogP contribution in [0.1, 0.15) is 20.3 Å². The lowest BCUT2D eigenvalue weighted by atomic mass is 10.1. The third-order valence-corrected chi connectivity index (χ3v) is 1.55. The van der Waals surface area contributed by atoms with Crippen molar-refractivity contribution in [3.63, 3.8) is 0 Å². The predicted molar refractivity (Wildman–Crippen MR) is 42.4 cm³/mol. The lowest BCUT2D eigenvalue weighted by molar-refractivity contribution is -0.554. The minimum atomic E-state index is -2.48. The Kier molecular flexibility index (Phi) is 3.96. The van der Waals surface area contributed by atoms with E-state index in [1.807, 2.05) is 0 Å². The van der Waals surface area contributed by atoms with E-state index in [1.165, 1.54) is 13.8 Å². The summed E-state index contributed by atoms with van der Waals surface area (Å²) in [5.41, 5.74) is -2.48. The Hall–Kier alpha value is -1.53. The van der Waals surface area contributed by atoms with Gasteiger partial charge in [-0.05, 0) is 6.92 Å². The first kappa shape index (κ1) is 11.5. The Morgan fingerprint density at radius 2 is 2.15 bits per heavy atom. The summed E-state index contributed by atoms with van der Waals surface area (Å²) in [5.74, 6) is -1.21. The molecule has 0 aromatic carbocycles. The molecule has 7 heteroatoms. The van der Waals surface area contributed by atoms with Crippen molar-refractivity contribution in [2.24, 2.45) is 5.18 Å². The van der Waals surface area contributed by atoms with Crippen molar-refractivity contribution in [3.05, 3.63) is 15.0 Å².